The molecule has 0 aromatic carbocycles. The van der Waals surface area contributed by atoms with Crippen molar-refractivity contribution in [3.8, 4) is 0 Å². The molecule has 2 fully saturated rings. The summed E-state index contributed by atoms with van der Waals surface area (Å²) in [7, 11) is 0. The average molecular weight is 282 g/mol. The molecule has 0 bridgehead atoms. The molecule has 1 saturated carbocycles. The molecule has 7 heteroatoms. The zero-order chi connectivity index (χ0) is 13.8. The van der Waals surface area contributed by atoms with Gasteiger partial charge >= 0.3 is 0 Å². The van der Waals surface area contributed by atoms with Crippen LogP contribution in [-0.2, 0) is 9.59 Å². The number of aliphatic carboxylic acids is 1. The van der Waals surface area contributed by atoms with Crippen LogP contribution in [0.4, 0.5) is 0 Å². The van der Waals surface area contributed by atoms with E-state index in [1.54, 1.807) is 0 Å². The van der Waals surface area contributed by atoms with Crippen LogP contribution in [0.2, 0.25) is 0 Å². The highest BCUT2D eigenvalue weighted by molar-refractivity contribution is 8.15. The van der Waals surface area contributed by atoms with Gasteiger partial charge in [-0.1, -0.05) is 18.7 Å². The lowest BCUT2D eigenvalue weighted by Gasteiger charge is -2.17. The summed E-state index contributed by atoms with van der Waals surface area (Å²) >= 11 is 1.10. The van der Waals surface area contributed by atoms with Gasteiger partial charge in [0.2, 0.25) is 5.91 Å². The van der Waals surface area contributed by atoms with E-state index in [9.17, 15) is 14.7 Å². The number of nitrogens with one attached hydrogen (secondary N) is 1. The van der Waals surface area contributed by atoms with Crippen molar-refractivity contribution >= 4 is 34.5 Å². The number of carbonyl (C=O) groups excluding carboxylic acids is 2. The maximum Gasteiger partial charge on any atom is 0.239 e. The van der Waals surface area contributed by atoms with E-state index in [1.807, 2.05) is 0 Å². The Bertz CT molecular complexity index is 438. The first-order valence-electron chi connectivity index (χ1n) is 6.35. The van der Waals surface area contributed by atoms with Crippen molar-refractivity contribution in [3.63, 3.8) is 0 Å². The monoisotopic (exact) mass is 282 g/mol. The van der Waals surface area contributed by atoms with Crippen LogP contribution >= 0.6 is 11.8 Å². The Morgan fingerprint density at radius 2 is 2.11 bits per heavy atom. The average Bonchev–Trinajstić information content (AvgIpc) is 2.69. The Labute approximate surface area is 115 Å². The molecule has 0 spiro atoms. The van der Waals surface area contributed by atoms with Crippen molar-refractivity contribution in [2.24, 2.45) is 16.1 Å². The number of hydrogen-bond acceptors (Lipinski definition) is 6. The van der Waals surface area contributed by atoms with Crippen LogP contribution < -0.4 is 10.4 Å². The second-order valence-corrected chi connectivity index (χ2v) is 6.12. The number of amides is 1. The first-order chi connectivity index (χ1) is 9.04. The molecule has 104 valence electrons. The van der Waals surface area contributed by atoms with Gasteiger partial charge in [-0.3, -0.25) is 4.79 Å². The number of carboxylic acids is 1. The summed E-state index contributed by atoms with van der Waals surface area (Å²) in [6.07, 6.45) is 3.83. The highest BCUT2D eigenvalue weighted by Gasteiger charge is 2.30. The molecule has 1 atom stereocenters. The third kappa shape index (κ3) is 4.05. The lowest BCUT2D eigenvalue weighted by molar-refractivity contribution is -0.305. The van der Waals surface area contributed by atoms with Gasteiger partial charge in [-0.2, -0.15) is 5.10 Å². The van der Waals surface area contributed by atoms with Gasteiger partial charge in [0.15, 0.2) is 5.17 Å². The number of carbonyl (C=O) groups is 2. The molecule has 1 aliphatic heterocycles. The van der Waals surface area contributed by atoms with Crippen molar-refractivity contribution in [2.75, 3.05) is 0 Å². The van der Waals surface area contributed by atoms with Crippen LogP contribution in [0.5, 0.6) is 0 Å². The summed E-state index contributed by atoms with van der Waals surface area (Å²) < 4.78 is 0. The second kappa shape index (κ2) is 6.18. The first-order valence-corrected chi connectivity index (χ1v) is 7.23. The molecule has 6 nitrogen and oxygen atoms in total. The van der Waals surface area contributed by atoms with Crippen molar-refractivity contribution in [3.05, 3.63) is 0 Å². The smallest absolute Gasteiger partial charge is 0.239 e. The summed E-state index contributed by atoms with van der Waals surface area (Å²) in [4.78, 5) is 21.9. The minimum Gasteiger partial charge on any atom is -0.550 e. The predicted molar refractivity (Wildman–Crippen MR) is 71.6 cm³/mol. The molecular formula is C12H16N3O3S-. The first kappa shape index (κ1) is 14.0. The normalized spacial score (nSPS) is 29.4. The molecule has 1 N–H and O–H groups in total. The lowest BCUT2D eigenvalue weighted by atomic mass is 9.90. The van der Waals surface area contributed by atoms with Crippen molar-refractivity contribution in [2.45, 2.75) is 44.3 Å². The van der Waals surface area contributed by atoms with Crippen LogP contribution in [-0.4, -0.2) is 28.0 Å². The number of nitrogens with zero attached hydrogens (tertiary/aromatic N) is 2. The zero-order valence-corrected chi connectivity index (χ0v) is 11.5. The largest absolute Gasteiger partial charge is 0.550 e. The van der Waals surface area contributed by atoms with E-state index in [0.717, 1.165) is 49.1 Å². The fourth-order valence-electron chi connectivity index (χ4n) is 2.05. The van der Waals surface area contributed by atoms with Gasteiger partial charge in [0, 0.05) is 18.1 Å². The molecule has 2 aliphatic rings. The van der Waals surface area contributed by atoms with E-state index in [2.05, 4.69) is 22.4 Å². The summed E-state index contributed by atoms with van der Waals surface area (Å²) in [5.74, 6) is -0.841. The predicted octanol–water partition coefficient (Wildman–Crippen LogP) is 0.280. The van der Waals surface area contributed by atoms with Gasteiger partial charge in [0.1, 0.15) is 0 Å². The van der Waals surface area contributed by atoms with Crippen LogP contribution in [0.25, 0.3) is 0 Å². The topological polar surface area (TPSA) is 94.0 Å². The summed E-state index contributed by atoms with van der Waals surface area (Å²) in [6, 6.07) is 0. The quantitative estimate of drug-likeness (QED) is 0.752. The molecule has 19 heavy (non-hydrogen) atoms. The van der Waals surface area contributed by atoms with Gasteiger partial charge < -0.3 is 15.2 Å². The Balaban J connectivity index is 1.92. The van der Waals surface area contributed by atoms with E-state index in [0.29, 0.717) is 5.17 Å². The van der Waals surface area contributed by atoms with Crippen LogP contribution in [0.15, 0.2) is 10.2 Å². The van der Waals surface area contributed by atoms with Gasteiger partial charge in [0.25, 0.3) is 0 Å². The third-order valence-corrected chi connectivity index (χ3v) is 4.33. The molecule has 2 rings (SSSR count). The summed E-state index contributed by atoms with van der Waals surface area (Å²) in [5.41, 5.74) is 1.05. The number of amidine groups is 1. The Hall–Kier alpha value is -1.37. The Morgan fingerprint density at radius 3 is 2.74 bits per heavy atom. The van der Waals surface area contributed by atoms with Crippen LogP contribution in [0.3, 0.4) is 0 Å². The van der Waals surface area contributed by atoms with Crippen LogP contribution in [0, 0.1) is 5.92 Å². The maximum atomic E-state index is 11.5. The van der Waals surface area contributed by atoms with E-state index >= 15 is 0 Å². The zero-order valence-electron chi connectivity index (χ0n) is 10.7. The molecule has 1 heterocycles. The molecule has 1 aliphatic carbocycles. The number of carboxylic acid groups (broad SMARTS) is 1. The molecule has 1 amide bonds. The summed E-state index contributed by atoms with van der Waals surface area (Å²) in [5, 5.41) is 20.9. The Kier molecular flexibility index (Phi) is 4.57. The van der Waals surface area contributed by atoms with Gasteiger partial charge in [-0.15, -0.1) is 5.10 Å². The number of hydrogen-bond donors (Lipinski definition) is 1. The second-order valence-electron chi connectivity index (χ2n) is 4.93. The lowest BCUT2D eigenvalue weighted by Crippen LogP contribution is -2.31. The van der Waals surface area contributed by atoms with Gasteiger partial charge in [0.05, 0.1) is 5.25 Å². The third-order valence-electron chi connectivity index (χ3n) is 3.26. The van der Waals surface area contributed by atoms with Gasteiger partial charge in [-0.25, -0.2) is 0 Å². The van der Waals surface area contributed by atoms with Crippen molar-refractivity contribution in [1.29, 1.82) is 0 Å². The van der Waals surface area contributed by atoms with E-state index in [-0.39, 0.29) is 12.3 Å². The molecule has 1 saturated heterocycles. The molecule has 0 radical (unpaired) electrons. The maximum absolute atomic E-state index is 11.5. The van der Waals surface area contributed by atoms with Crippen molar-refractivity contribution in [1.82, 2.24) is 5.32 Å². The fraction of sp³-hybridized carbons (Fsp3) is 0.667. The SMILES string of the molecule is CC1CCC(=N/N=C2/NC(=O)[C@@H](CC(=O)[O-])S2)CC1. The van der Waals surface area contributed by atoms with E-state index in [1.165, 1.54) is 0 Å². The van der Waals surface area contributed by atoms with E-state index in [4.69, 9.17) is 0 Å². The Morgan fingerprint density at radius 1 is 1.42 bits per heavy atom. The molecule has 0 unspecified atom stereocenters. The molecule has 0 aromatic heterocycles. The molecule has 0 aromatic rings. The molecular weight excluding hydrogens is 266 g/mol. The van der Waals surface area contributed by atoms with Crippen LogP contribution in [0.1, 0.15) is 39.0 Å². The highest BCUT2D eigenvalue weighted by atomic mass is 32.2. The van der Waals surface area contributed by atoms with Crippen molar-refractivity contribution < 1.29 is 14.7 Å². The fourth-order valence-corrected chi connectivity index (χ4v) is 2.95. The van der Waals surface area contributed by atoms with Gasteiger partial charge in [-0.05, 0) is 31.6 Å². The van der Waals surface area contributed by atoms with E-state index < -0.39 is 11.2 Å². The summed E-state index contributed by atoms with van der Waals surface area (Å²) in [6.45, 7) is 2.22. The standard InChI is InChI=1S/C12H17N3O3S/c1-7-2-4-8(5-3-7)14-15-12-13-11(18)9(19-12)6-10(16)17/h7,9H,2-6H2,1H3,(H,16,17)(H,13,15,18)/p-1/t7?,9-/m1/s1. The number of thioether (sulfide) groups is 1. The number of rotatable bonds is 3. The highest BCUT2D eigenvalue weighted by Crippen LogP contribution is 2.24. The minimum absolute atomic E-state index is 0.302. The minimum atomic E-state index is -1.23.